The van der Waals surface area contributed by atoms with Gasteiger partial charge in [0.05, 0.1) is 39.6 Å². The Labute approximate surface area is 77.9 Å². The highest BCUT2D eigenvalue weighted by Crippen LogP contribution is 1.81. The first-order valence-corrected chi connectivity index (χ1v) is 4.20. The molecule has 0 rings (SSSR count). The summed E-state index contributed by atoms with van der Waals surface area (Å²) >= 11 is 0. The monoisotopic (exact) mass is 196 g/mol. The molecule has 4 nitrogen and oxygen atoms in total. The summed E-state index contributed by atoms with van der Waals surface area (Å²) in [5.74, 6) is 0. The summed E-state index contributed by atoms with van der Waals surface area (Å²) in [5.41, 5.74) is 0. The highest BCUT2D eigenvalue weighted by Gasteiger charge is 1.90. The van der Waals surface area contributed by atoms with Crippen LogP contribution in [0.3, 0.4) is 0 Å². The number of alkyl halides is 1. The third-order valence-corrected chi connectivity index (χ3v) is 1.25. The molecule has 0 fully saturated rings. The molecule has 13 heavy (non-hydrogen) atoms. The first-order valence-electron chi connectivity index (χ1n) is 4.20. The van der Waals surface area contributed by atoms with Crippen LogP contribution < -0.4 is 0 Å². The zero-order chi connectivity index (χ0) is 9.78. The summed E-state index contributed by atoms with van der Waals surface area (Å²) in [4.78, 5) is 0. The van der Waals surface area contributed by atoms with Gasteiger partial charge in [-0.25, -0.2) is 4.39 Å². The zero-order valence-electron chi connectivity index (χ0n) is 7.96. The zero-order valence-corrected chi connectivity index (χ0v) is 7.96. The topological polar surface area (TPSA) is 36.9 Å². The third-order valence-electron chi connectivity index (χ3n) is 1.25. The number of ether oxygens (including phenoxy) is 4. The van der Waals surface area contributed by atoms with Crippen molar-refractivity contribution in [1.82, 2.24) is 0 Å². The van der Waals surface area contributed by atoms with Crippen molar-refractivity contribution in [2.45, 2.75) is 0 Å². The molecule has 0 aliphatic heterocycles. The first kappa shape index (κ1) is 12.8. The average molecular weight is 196 g/mol. The molecular formula is C8H17FO4. The van der Waals surface area contributed by atoms with Crippen LogP contribution in [0.4, 0.5) is 4.39 Å². The van der Waals surface area contributed by atoms with Crippen molar-refractivity contribution >= 4 is 0 Å². The van der Waals surface area contributed by atoms with Crippen LogP contribution in [0.25, 0.3) is 0 Å². The van der Waals surface area contributed by atoms with Crippen LogP contribution in [0.5, 0.6) is 0 Å². The normalized spacial score (nSPS) is 10.6. The van der Waals surface area contributed by atoms with Gasteiger partial charge in [0.2, 0.25) is 0 Å². The summed E-state index contributed by atoms with van der Waals surface area (Å²) in [7, 11) is 1.62. The minimum atomic E-state index is -0.756. The van der Waals surface area contributed by atoms with E-state index in [4.69, 9.17) is 14.2 Å². The second kappa shape index (κ2) is 11.8. The lowest BCUT2D eigenvalue weighted by Crippen LogP contribution is -2.11. The maximum absolute atomic E-state index is 11.4. The fraction of sp³-hybridized carbons (Fsp3) is 1.00. The molecule has 0 aliphatic carbocycles. The van der Waals surface area contributed by atoms with Crippen LogP contribution in [0.1, 0.15) is 0 Å². The predicted molar refractivity (Wildman–Crippen MR) is 45.4 cm³/mol. The van der Waals surface area contributed by atoms with Crippen LogP contribution in [0.2, 0.25) is 0 Å². The van der Waals surface area contributed by atoms with Crippen molar-refractivity contribution < 1.29 is 23.3 Å². The largest absolute Gasteiger partial charge is 0.382 e. The predicted octanol–water partition coefficient (Wildman–Crippen LogP) is 0.610. The Kier molecular flexibility index (Phi) is 11.6. The van der Waals surface area contributed by atoms with Crippen molar-refractivity contribution in [2.75, 3.05) is 53.6 Å². The Bertz CT molecular complexity index is 82.2. The van der Waals surface area contributed by atoms with E-state index >= 15 is 0 Å². The van der Waals surface area contributed by atoms with Crippen LogP contribution in [-0.2, 0) is 18.9 Å². The van der Waals surface area contributed by atoms with Crippen molar-refractivity contribution in [2.24, 2.45) is 0 Å². The molecule has 0 aromatic heterocycles. The molecule has 80 valence electrons. The maximum atomic E-state index is 11.4. The Morgan fingerprint density at radius 1 is 0.769 bits per heavy atom. The van der Waals surface area contributed by atoms with Crippen LogP contribution in [-0.4, -0.2) is 53.6 Å². The van der Waals surface area contributed by atoms with Gasteiger partial charge in [-0.1, -0.05) is 0 Å². The lowest BCUT2D eigenvalue weighted by atomic mass is 10.7. The van der Waals surface area contributed by atoms with Crippen molar-refractivity contribution in [3.8, 4) is 0 Å². The van der Waals surface area contributed by atoms with Crippen LogP contribution in [0.15, 0.2) is 0 Å². The molecule has 5 heteroatoms. The second-order valence-electron chi connectivity index (χ2n) is 2.23. The van der Waals surface area contributed by atoms with Gasteiger partial charge in [0, 0.05) is 7.11 Å². The fourth-order valence-corrected chi connectivity index (χ4v) is 0.637. The molecule has 0 aliphatic rings. The smallest absolute Gasteiger partial charge is 0.188 e. The average Bonchev–Trinajstić information content (AvgIpc) is 2.16. The Morgan fingerprint density at radius 2 is 1.23 bits per heavy atom. The van der Waals surface area contributed by atoms with E-state index in [1.54, 1.807) is 7.11 Å². The molecule has 0 heterocycles. The van der Waals surface area contributed by atoms with E-state index in [2.05, 4.69) is 4.74 Å². The maximum Gasteiger partial charge on any atom is 0.188 e. The minimum Gasteiger partial charge on any atom is -0.382 e. The Morgan fingerprint density at radius 3 is 1.69 bits per heavy atom. The van der Waals surface area contributed by atoms with Gasteiger partial charge in [0.15, 0.2) is 6.86 Å². The van der Waals surface area contributed by atoms with E-state index in [1.165, 1.54) is 0 Å². The van der Waals surface area contributed by atoms with Gasteiger partial charge in [-0.15, -0.1) is 0 Å². The molecule has 0 spiro atoms. The molecular weight excluding hydrogens is 179 g/mol. The number of methoxy groups -OCH3 is 1. The number of rotatable bonds is 10. The Balaban J connectivity index is 2.76. The van der Waals surface area contributed by atoms with E-state index in [9.17, 15) is 4.39 Å². The van der Waals surface area contributed by atoms with Gasteiger partial charge in [-0.3, -0.25) is 0 Å². The van der Waals surface area contributed by atoms with Crippen molar-refractivity contribution in [3.05, 3.63) is 0 Å². The Hall–Kier alpha value is -0.230. The molecule has 0 bridgehead atoms. The highest BCUT2D eigenvalue weighted by molar-refractivity contribution is 4.32. The summed E-state index contributed by atoms with van der Waals surface area (Å²) in [6.07, 6.45) is 0. The molecule has 0 amide bonds. The number of halogens is 1. The lowest BCUT2D eigenvalue weighted by Gasteiger charge is -2.04. The van der Waals surface area contributed by atoms with E-state index in [1.807, 2.05) is 0 Å². The lowest BCUT2D eigenvalue weighted by molar-refractivity contribution is -0.0126. The second-order valence-corrected chi connectivity index (χ2v) is 2.23. The third kappa shape index (κ3) is 11.8. The van der Waals surface area contributed by atoms with E-state index in [-0.39, 0.29) is 6.61 Å². The van der Waals surface area contributed by atoms with Gasteiger partial charge in [0.25, 0.3) is 0 Å². The molecule has 0 N–H and O–H groups in total. The molecule has 0 saturated heterocycles. The van der Waals surface area contributed by atoms with Crippen LogP contribution in [0, 0.1) is 0 Å². The van der Waals surface area contributed by atoms with Crippen molar-refractivity contribution in [1.29, 1.82) is 0 Å². The highest BCUT2D eigenvalue weighted by atomic mass is 19.1. The summed E-state index contributed by atoms with van der Waals surface area (Å²) in [6.45, 7) is 2.12. The summed E-state index contributed by atoms with van der Waals surface area (Å²) in [6, 6.07) is 0. The quantitative estimate of drug-likeness (QED) is 0.480. The number of hydrogen-bond acceptors (Lipinski definition) is 4. The van der Waals surface area contributed by atoms with Crippen LogP contribution >= 0.6 is 0 Å². The summed E-state index contributed by atoms with van der Waals surface area (Å²) in [5, 5.41) is 0. The van der Waals surface area contributed by atoms with Crippen molar-refractivity contribution in [3.63, 3.8) is 0 Å². The fourth-order valence-electron chi connectivity index (χ4n) is 0.637. The molecule has 0 aromatic carbocycles. The van der Waals surface area contributed by atoms with Gasteiger partial charge in [-0.2, -0.15) is 0 Å². The molecule has 0 radical (unpaired) electrons. The van der Waals surface area contributed by atoms with E-state index < -0.39 is 6.86 Å². The van der Waals surface area contributed by atoms with E-state index in [0.717, 1.165) is 0 Å². The minimum absolute atomic E-state index is 0.286. The standard InChI is InChI=1S/C8H17FO4/c1-10-2-3-11-4-5-12-6-7-13-8-9/h2-8H2,1H3. The van der Waals surface area contributed by atoms with Gasteiger partial charge >= 0.3 is 0 Å². The molecule has 0 unspecified atom stereocenters. The first-order chi connectivity index (χ1) is 6.41. The van der Waals surface area contributed by atoms with E-state index in [0.29, 0.717) is 33.0 Å². The molecule has 0 saturated carbocycles. The van der Waals surface area contributed by atoms with Gasteiger partial charge < -0.3 is 18.9 Å². The van der Waals surface area contributed by atoms with Gasteiger partial charge in [0.1, 0.15) is 0 Å². The SMILES string of the molecule is COCCOCCOCCOCF. The molecule has 0 aromatic rings. The van der Waals surface area contributed by atoms with Gasteiger partial charge in [-0.05, 0) is 0 Å². The molecule has 0 atom stereocenters. The number of hydrogen-bond donors (Lipinski definition) is 0. The summed E-state index contributed by atoms with van der Waals surface area (Å²) < 4.78 is 30.8.